The van der Waals surface area contributed by atoms with Crippen LogP contribution in [0.15, 0.2) is 54.6 Å². The van der Waals surface area contributed by atoms with Gasteiger partial charge in [0.15, 0.2) is 0 Å². The molecule has 29 heavy (non-hydrogen) atoms. The summed E-state index contributed by atoms with van der Waals surface area (Å²) in [6.07, 6.45) is 0.741. The number of nitrogens with one attached hydrogen (secondary N) is 1. The quantitative estimate of drug-likeness (QED) is 0.419. The van der Waals surface area contributed by atoms with Gasteiger partial charge in [0.2, 0.25) is 5.91 Å². The lowest BCUT2D eigenvalue weighted by atomic mass is 10.1. The molecule has 1 atom stereocenters. The first-order valence-electron chi connectivity index (χ1n) is 9.91. The predicted octanol–water partition coefficient (Wildman–Crippen LogP) is 4.00. The van der Waals surface area contributed by atoms with Gasteiger partial charge < -0.3 is 14.8 Å². The Bertz CT molecular complexity index is 749. The van der Waals surface area contributed by atoms with Crippen molar-refractivity contribution in [2.75, 3.05) is 19.0 Å². The lowest BCUT2D eigenvalue weighted by molar-refractivity contribution is -0.147. The van der Waals surface area contributed by atoms with Gasteiger partial charge in [0.25, 0.3) is 0 Å². The Kier molecular flexibility index (Phi) is 10.1. The lowest BCUT2D eigenvalue weighted by Gasteiger charge is -2.17. The van der Waals surface area contributed by atoms with Crippen LogP contribution in [0.2, 0.25) is 0 Å². The summed E-state index contributed by atoms with van der Waals surface area (Å²) in [7, 11) is 0. The summed E-state index contributed by atoms with van der Waals surface area (Å²) in [6, 6.07) is 17.0. The molecule has 0 radical (unpaired) electrons. The molecule has 0 heterocycles. The van der Waals surface area contributed by atoms with Gasteiger partial charge in [0, 0.05) is 24.3 Å². The van der Waals surface area contributed by atoms with Crippen molar-refractivity contribution in [3.63, 3.8) is 0 Å². The molecule has 0 unspecified atom stereocenters. The van der Waals surface area contributed by atoms with Crippen LogP contribution in [0.4, 0.5) is 0 Å². The summed E-state index contributed by atoms with van der Waals surface area (Å²) >= 11 is 1.70. The van der Waals surface area contributed by atoms with Gasteiger partial charge in [-0.15, -0.1) is 0 Å². The van der Waals surface area contributed by atoms with E-state index < -0.39 is 12.0 Å². The number of carbonyl (C=O) groups excluding carboxylic acids is 2. The van der Waals surface area contributed by atoms with E-state index in [0.29, 0.717) is 25.2 Å². The van der Waals surface area contributed by atoms with Gasteiger partial charge in [-0.1, -0.05) is 42.5 Å². The topological polar surface area (TPSA) is 64.6 Å². The molecule has 6 heteroatoms. The number of hydrogen-bond acceptors (Lipinski definition) is 5. The Morgan fingerprint density at radius 3 is 2.34 bits per heavy atom. The highest BCUT2D eigenvalue weighted by molar-refractivity contribution is 7.98. The van der Waals surface area contributed by atoms with Crippen LogP contribution in [0.5, 0.6) is 5.75 Å². The molecule has 0 fully saturated rings. The van der Waals surface area contributed by atoms with Crippen LogP contribution in [-0.4, -0.2) is 36.9 Å². The standard InChI is InChI=1S/C23H29NO4S/c1-3-27-20-12-10-18(11-13-20)16-21(23(26)28-4-2)24-22(25)14-15-29-17-19-8-6-5-7-9-19/h5-13,21H,3-4,14-17H2,1-2H3,(H,24,25)/t21-/m1/s1. The summed E-state index contributed by atoms with van der Waals surface area (Å²) < 4.78 is 10.6. The summed E-state index contributed by atoms with van der Waals surface area (Å²) in [4.78, 5) is 24.7. The Balaban J connectivity index is 1.84. The third-order valence-electron chi connectivity index (χ3n) is 4.17. The minimum absolute atomic E-state index is 0.144. The number of rotatable bonds is 12. The molecular weight excluding hydrogens is 386 g/mol. The normalized spacial score (nSPS) is 11.5. The van der Waals surface area contributed by atoms with Crippen LogP contribution in [0.1, 0.15) is 31.4 Å². The number of amides is 1. The Morgan fingerprint density at radius 1 is 0.966 bits per heavy atom. The Hall–Kier alpha value is -2.47. The lowest BCUT2D eigenvalue weighted by Crippen LogP contribution is -2.43. The Morgan fingerprint density at radius 2 is 1.69 bits per heavy atom. The number of benzene rings is 2. The fourth-order valence-corrected chi connectivity index (χ4v) is 3.66. The van der Waals surface area contributed by atoms with Gasteiger partial charge in [0.1, 0.15) is 11.8 Å². The van der Waals surface area contributed by atoms with Crippen LogP contribution in [0.3, 0.4) is 0 Å². The van der Waals surface area contributed by atoms with Crippen molar-refractivity contribution in [2.24, 2.45) is 0 Å². The van der Waals surface area contributed by atoms with Crippen LogP contribution in [-0.2, 0) is 26.5 Å². The van der Waals surface area contributed by atoms with Crippen LogP contribution >= 0.6 is 11.8 Å². The zero-order chi connectivity index (χ0) is 20.9. The molecular formula is C23H29NO4S. The number of ether oxygens (including phenoxy) is 2. The van der Waals surface area contributed by atoms with Crippen molar-refractivity contribution in [2.45, 2.75) is 38.5 Å². The van der Waals surface area contributed by atoms with E-state index in [-0.39, 0.29) is 12.5 Å². The second kappa shape index (κ2) is 12.9. The largest absolute Gasteiger partial charge is 0.494 e. The van der Waals surface area contributed by atoms with Crippen LogP contribution < -0.4 is 10.1 Å². The molecule has 0 aliphatic heterocycles. The highest BCUT2D eigenvalue weighted by Gasteiger charge is 2.22. The van der Waals surface area contributed by atoms with E-state index >= 15 is 0 Å². The molecule has 0 aliphatic rings. The van der Waals surface area contributed by atoms with E-state index in [9.17, 15) is 9.59 Å². The van der Waals surface area contributed by atoms with Gasteiger partial charge >= 0.3 is 5.97 Å². The number of hydrogen-bond donors (Lipinski definition) is 1. The van der Waals surface area contributed by atoms with Gasteiger partial charge in [0.05, 0.1) is 13.2 Å². The molecule has 0 bridgehead atoms. The fourth-order valence-electron chi connectivity index (χ4n) is 2.76. The van der Waals surface area contributed by atoms with E-state index in [4.69, 9.17) is 9.47 Å². The van der Waals surface area contributed by atoms with Crippen molar-refractivity contribution < 1.29 is 19.1 Å². The minimum atomic E-state index is -0.695. The zero-order valence-electron chi connectivity index (χ0n) is 17.1. The molecule has 2 aromatic rings. The second-order valence-electron chi connectivity index (χ2n) is 6.44. The molecule has 1 N–H and O–H groups in total. The first-order chi connectivity index (χ1) is 14.1. The highest BCUT2D eigenvalue weighted by Crippen LogP contribution is 2.15. The van der Waals surface area contributed by atoms with E-state index in [0.717, 1.165) is 17.1 Å². The third kappa shape index (κ3) is 8.60. The van der Waals surface area contributed by atoms with Gasteiger partial charge in [-0.05, 0) is 37.1 Å². The van der Waals surface area contributed by atoms with E-state index in [1.165, 1.54) is 5.56 Å². The third-order valence-corrected chi connectivity index (χ3v) is 5.20. The van der Waals surface area contributed by atoms with Crippen molar-refractivity contribution in [1.82, 2.24) is 5.32 Å². The van der Waals surface area contributed by atoms with Crippen LogP contribution in [0.25, 0.3) is 0 Å². The smallest absolute Gasteiger partial charge is 0.328 e. The predicted molar refractivity (Wildman–Crippen MR) is 117 cm³/mol. The highest BCUT2D eigenvalue weighted by atomic mass is 32.2. The molecule has 1 amide bonds. The second-order valence-corrected chi connectivity index (χ2v) is 7.55. The van der Waals surface area contributed by atoms with Crippen molar-refractivity contribution in [3.8, 4) is 5.75 Å². The van der Waals surface area contributed by atoms with Gasteiger partial charge in [-0.25, -0.2) is 4.79 Å². The fraction of sp³-hybridized carbons (Fsp3) is 0.391. The average Bonchev–Trinajstić information content (AvgIpc) is 2.73. The first-order valence-corrected chi connectivity index (χ1v) is 11.1. The summed E-state index contributed by atoms with van der Waals surface area (Å²) in [6.45, 7) is 4.57. The maximum Gasteiger partial charge on any atom is 0.328 e. The summed E-state index contributed by atoms with van der Waals surface area (Å²) in [5, 5.41) is 2.83. The maximum absolute atomic E-state index is 12.4. The monoisotopic (exact) mass is 415 g/mol. The molecule has 156 valence electrons. The molecule has 0 aromatic heterocycles. The van der Waals surface area contributed by atoms with Gasteiger partial charge in [-0.2, -0.15) is 11.8 Å². The molecule has 2 aromatic carbocycles. The number of esters is 1. The van der Waals surface area contributed by atoms with Gasteiger partial charge in [-0.3, -0.25) is 4.79 Å². The average molecular weight is 416 g/mol. The zero-order valence-corrected chi connectivity index (χ0v) is 17.9. The van der Waals surface area contributed by atoms with Crippen molar-refractivity contribution >= 4 is 23.6 Å². The molecule has 0 aliphatic carbocycles. The minimum Gasteiger partial charge on any atom is -0.494 e. The SMILES string of the molecule is CCOC(=O)[C@@H](Cc1ccc(OCC)cc1)NC(=O)CCSCc1ccccc1. The van der Waals surface area contributed by atoms with Crippen molar-refractivity contribution in [1.29, 1.82) is 0 Å². The first kappa shape index (κ1) is 22.8. The van der Waals surface area contributed by atoms with E-state index in [2.05, 4.69) is 17.4 Å². The van der Waals surface area contributed by atoms with Crippen molar-refractivity contribution in [3.05, 3.63) is 65.7 Å². The molecule has 5 nitrogen and oxygen atoms in total. The molecule has 2 rings (SSSR count). The van der Waals surface area contributed by atoms with E-state index in [1.54, 1.807) is 18.7 Å². The summed E-state index contributed by atoms with van der Waals surface area (Å²) in [5.41, 5.74) is 2.17. The number of carbonyl (C=O) groups is 2. The van der Waals surface area contributed by atoms with E-state index in [1.807, 2.05) is 49.4 Å². The van der Waals surface area contributed by atoms with Crippen LogP contribution in [0, 0.1) is 0 Å². The number of thioether (sulfide) groups is 1. The molecule has 0 spiro atoms. The summed E-state index contributed by atoms with van der Waals surface area (Å²) in [5.74, 6) is 1.78. The molecule has 0 saturated heterocycles. The maximum atomic E-state index is 12.4. The molecule has 0 saturated carbocycles. The Labute approximate surface area is 177 Å².